The molecule has 0 aliphatic heterocycles. The molecule has 2 amide bonds. The monoisotopic (exact) mass is 396 g/mol. The summed E-state index contributed by atoms with van der Waals surface area (Å²) >= 11 is 0. The van der Waals surface area contributed by atoms with Crippen LogP contribution in [-0.4, -0.2) is 32.6 Å². The molecule has 8 nitrogen and oxygen atoms in total. The first-order valence-electron chi connectivity index (χ1n) is 8.91. The van der Waals surface area contributed by atoms with Gasteiger partial charge in [-0.15, -0.1) is 0 Å². The molecule has 3 rings (SSSR count). The SMILES string of the molecule is Cc1cc(Nc2cccc(C(=O)NC(C)C(=O)Nc3cnn(C)c3)c2)c(F)cn1. The topological polar surface area (TPSA) is 101 Å². The Morgan fingerprint density at radius 3 is 2.69 bits per heavy atom. The molecule has 29 heavy (non-hydrogen) atoms. The number of hydrogen-bond acceptors (Lipinski definition) is 5. The minimum Gasteiger partial charge on any atom is -0.353 e. The molecule has 0 bridgehead atoms. The molecule has 0 radical (unpaired) electrons. The summed E-state index contributed by atoms with van der Waals surface area (Å²) < 4.78 is 15.5. The van der Waals surface area contributed by atoms with Crippen LogP contribution in [0.2, 0.25) is 0 Å². The summed E-state index contributed by atoms with van der Waals surface area (Å²) in [6.45, 7) is 3.34. The van der Waals surface area contributed by atoms with Gasteiger partial charge in [0.05, 0.1) is 23.8 Å². The van der Waals surface area contributed by atoms with Crippen molar-refractivity contribution in [3.8, 4) is 0 Å². The standard InChI is InChI=1S/C20H21FN6O2/c1-12-7-18(17(21)10-22-12)25-15-6-4-5-14(8-15)20(29)24-13(2)19(28)26-16-9-23-27(3)11-16/h4-11,13H,1-3H3,(H,22,25)(H,24,29)(H,26,28). The molecule has 2 aromatic heterocycles. The fourth-order valence-electron chi connectivity index (χ4n) is 2.61. The van der Waals surface area contributed by atoms with E-state index in [2.05, 4.69) is 26.0 Å². The minimum absolute atomic E-state index is 0.263. The van der Waals surface area contributed by atoms with Gasteiger partial charge in [0.1, 0.15) is 6.04 Å². The van der Waals surface area contributed by atoms with Gasteiger partial charge in [0.15, 0.2) is 5.82 Å². The molecule has 2 heterocycles. The Morgan fingerprint density at radius 1 is 1.17 bits per heavy atom. The first-order valence-corrected chi connectivity index (χ1v) is 8.91. The number of anilines is 3. The van der Waals surface area contributed by atoms with Gasteiger partial charge in [-0.2, -0.15) is 5.10 Å². The number of nitrogens with zero attached hydrogens (tertiary/aromatic N) is 3. The Hall–Kier alpha value is -3.75. The average molecular weight is 396 g/mol. The third-order valence-corrected chi connectivity index (χ3v) is 4.11. The molecule has 3 N–H and O–H groups in total. The van der Waals surface area contributed by atoms with Gasteiger partial charge in [-0.3, -0.25) is 19.3 Å². The first kappa shape index (κ1) is 20.0. The lowest BCUT2D eigenvalue weighted by atomic mass is 10.1. The molecule has 0 aliphatic carbocycles. The molecule has 3 aromatic rings. The van der Waals surface area contributed by atoms with Gasteiger partial charge in [-0.25, -0.2) is 4.39 Å². The minimum atomic E-state index is -0.764. The van der Waals surface area contributed by atoms with E-state index in [0.29, 0.717) is 22.6 Å². The largest absolute Gasteiger partial charge is 0.353 e. The van der Waals surface area contributed by atoms with Crippen molar-refractivity contribution in [2.45, 2.75) is 19.9 Å². The van der Waals surface area contributed by atoms with Crippen LogP contribution in [0, 0.1) is 12.7 Å². The van der Waals surface area contributed by atoms with Crippen molar-refractivity contribution in [1.29, 1.82) is 0 Å². The van der Waals surface area contributed by atoms with Crippen LogP contribution >= 0.6 is 0 Å². The van der Waals surface area contributed by atoms with Crippen LogP contribution in [0.15, 0.2) is 48.9 Å². The summed E-state index contributed by atoms with van der Waals surface area (Å²) in [5.74, 6) is -1.28. The number of halogens is 1. The number of benzene rings is 1. The Labute approximate surface area is 167 Å². The zero-order valence-corrected chi connectivity index (χ0v) is 16.2. The van der Waals surface area contributed by atoms with E-state index in [1.54, 1.807) is 62.1 Å². The third-order valence-electron chi connectivity index (χ3n) is 4.11. The number of carbonyl (C=O) groups is 2. The normalized spacial score (nSPS) is 11.6. The van der Waals surface area contributed by atoms with Crippen molar-refractivity contribution < 1.29 is 14.0 Å². The van der Waals surface area contributed by atoms with Gasteiger partial charge in [-0.1, -0.05) is 6.07 Å². The summed E-state index contributed by atoms with van der Waals surface area (Å²) in [6, 6.07) is 7.39. The summed E-state index contributed by atoms with van der Waals surface area (Å²) in [5.41, 5.74) is 2.34. The van der Waals surface area contributed by atoms with Gasteiger partial charge in [-0.05, 0) is 38.1 Å². The summed E-state index contributed by atoms with van der Waals surface area (Å²) in [6.07, 6.45) is 4.31. The van der Waals surface area contributed by atoms with Crippen molar-refractivity contribution >= 4 is 28.9 Å². The Kier molecular flexibility index (Phi) is 5.87. The van der Waals surface area contributed by atoms with Crippen molar-refractivity contribution in [2.24, 2.45) is 7.05 Å². The van der Waals surface area contributed by atoms with Crippen molar-refractivity contribution in [3.63, 3.8) is 0 Å². The van der Waals surface area contributed by atoms with Crippen molar-refractivity contribution in [3.05, 3.63) is 66.0 Å². The predicted molar refractivity (Wildman–Crippen MR) is 107 cm³/mol. The van der Waals surface area contributed by atoms with Crippen molar-refractivity contribution in [1.82, 2.24) is 20.1 Å². The molecule has 0 saturated heterocycles. The van der Waals surface area contributed by atoms with E-state index < -0.39 is 17.8 Å². The lowest BCUT2D eigenvalue weighted by Gasteiger charge is -2.14. The van der Waals surface area contributed by atoms with Gasteiger partial charge in [0.2, 0.25) is 5.91 Å². The molecule has 150 valence electrons. The van der Waals surface area contributed by atoms with Crippen molar-refractivity contribution in [2.75, 3.05) is 10.6 Å². The lowest BCUT2D eigenvalue weighted by Crippen LogP contribution is -2.41. The number of aryl methyl sites for hydroxylation is 2. The number of aromatic nitrogens is 3. The quantitative estimate of drug-likeness (QED) is 0.595. The van der Waals surface area contributed by atoms with Crippen LogP contribution in [0.4, 0.5) is 21.5 Å². The highest BCUT2D eigenvalue weighted by Gasteiger charge is 2.17. The Balaban J connectivity index is 1.65. The highest BCUT2D eigenvalue weighted by Crippen LogP contribution is 2.21. The fraction of sp³-hybridized carbons (Fsp3) is 0.200. The maximum atomic E-state index is 13.9. The van der Waals surface area contributed by atoms with E-state index in [1.165, 1.54) is 6.20 Å². The lowest BCUT2D eigenvalue weighted by molar-refractivity contribution is -0.117. The third kappa shape index (κ3) is 5.16. The second-order valence-electron chi connectivity index (χ2n) is 6.60. The van der Waals surface area contributed by atoms with Gasteiger partial charge in [0, 0.05) is 30.2 Å². The van der Waals surface area contributed by atoms with Crippen LogP contribution in [0.1, 0.15) is 23.0 Å². The second-order valence-corrected chi connectivity index (χ2v) is 6.60. The molecule has 9 heteroatoms. The first-order chi connectivity index (χ1) is 13.8. The van der Waals surface area contributed by atoms with Crippen LogP contribution < -0.4 is 16.0 Å². The van der Waals surface area contributed by atoms with E-state index in [1.807, 2.05) is 0 Å². The predicted octanol–water partition coefficient (Wildman–Crippen LogP) is 2.76. The fourth-order valence-corrected chi connectivity index (χ4v) is 2.61. The zero-order chi connectivity index (χ0) is 21.0. The van der Waals surface area contributed by atoms with Crippen LogP contribution in [0.3, 0.4) is 0 Å². The zero-order valence-electron chi connectivity index (χ0n) is 16.2. The van der Waals surface area contributed by atoms with E-state index in [-0.39, 0.29) is 11.6 Å². The number of nitrogens with one attached hydrogen (secondary N) is 3. The van der Waals surface area contributed by atoms with E-state index in [9.17, 15) is 14.0 Å². The molecular weight excluding hydrogens is 375 g/mol. The maximum absolute atomic E-state index is 13.9. The highest BCUT2D eigenvalue weighted by molar-refractivity contribution is 6.01. The number of pyridine rings is 1. The highest BCUT2D eigenvalue weighted by atomic mass is 19.1. The molecule has 1 unspecified atom stereocenters. The summed E-state index contributed by atoms with van der Waals surface area (Å²) in [5, 5.41) is 12.2. The Morgan fingerprint density at radius 2 is 1.97 bits per heavy atom. The van der Waals surface area contributed by atoms with E-state index >= 15 is 0 Å². The number of hydrogen-bond donors (Lipinski definition) is 3. The molecule has 0 aliphatic rings. The van der Waals surface area contributed by atoms with Gasteiger partial charge in [0.25, 0.3) is 5.91 Å². The number of amides is 2. The van der Waals surface area contributed by atoms with Crippen LogP contribution in [-0.2, 0) is 11.8 Å². The molecule has 0 fully saturated rings. The summed E-state index contributed by atoms with van der Waals surface area (Å²) in [4.78, 5) is 28.7. The molecule has 0 saturated carbocycles. The molecule has 0 spiro atoms. The second kappa shape index (κ2) is 8.51. The van der Waals surface area contributed by atoms with Gasteiger partial charge >= 0.3 is 0 Å². The maximum Gasteiger partial charge on any atom is 0.251 e. The van der Waals surface area contributed by atoms with Crippen LogP contribution in [0.25, 0.3) is 0 Å². The number of rotatable bonds is 6. The smallest absolute Gasteiger partial charge is 0.251 e. The molecule has 1 aromatic carbocycles. The summed E-state index contributed by atoms with van der Waals surface area (Å²) in [7, 11) is 1.74. The van der Waals surface area contributed by atoms with E-state index in [0.717, 1.165) is 6.20 Å². The molecule has 1 atom stereocenters. The number of carbonyl (C=O) groups excluding carboxylic acids is 2. The molecular formula is C20H21FN6O2. The van der Waals surface area contributed by atoms with Gasteiger partial charge < -0.3 is 16.0 Å². The Bertz CT molecular complexity index is 1050. The van der Waals surface area contributed by atoms with E-state index in [4.69, 9.17) is 0 Å². The van der Waals surface area contributed by atoms with Crippen LogP contribution in [0.5, 0.6) is 0 Å². The average Bonchev–Trinajstić information content (AvgIpc) is 3.09.